The lowest BCUT2D eigenvalue weighted by molar-refractivity contribution is -0.120. The number of amides is 1. The molecule has 0 aliphatic rings. The van der Waals surface area contributed by atoms with E-state index in [0.29, 0.717) is 6.54 Å². The fourth-order valence-electron chi connectivity index (χ4n) is 1.25. The Morgan fingerprint density at radius 2 is 2.00 bits per heavy atom. The maximum atomic E-state index is 11.3. The number of hydrogen-bond acceptors (Lipinski definition) is 4. The fourth-order valence-corrected chi connectivity index (χ4v) is 2.27. The molecule has 96 valence electrons. The Morgan fingerprint density at radius 1 is 1.38 bits per heavy atom. The molecule has 1 amide bonds. The van der Waals surface area contributed by atoms with E-state index in [1.807, 2.05) is 0 Å². The second-order valence-corrected chi connectivity index (χ2v) is 6.26. The van der Waals surface area contributed by atoms with Crippen molar-refractivity contribution in [2.45, 2.75) is 32.7 Å². The molecule has 2 N–H and O–H groups in total. The summed E-state index contributed by atoms with van der Waals surface area (Å²) in [5.74, 6) is -0.0382. The molecule has 0 saturated heterocycles. The molecule has 6 heteroatoms. The summed E-state index contributed by atoms with van der Waals surface area (Å²) in [6.45, 7) is 4.65. The Kier molecular flexibility index (Phi) is 7.33. The highest BCUT2D eigenvalue weighted by Gasteiger charge is 2.10. The largest absolute Gasteiger partial charge is 0.355 e. The van der Waals surface area contributed by atoms with Gasteiger partial charge in [-0.1, -0.05) is 13.3 Å². The third-order valence-corrected chi connectivity index (χ3v) is 3.12. The zero-order valence-corrected chi connectivity index (χ0v) is 11.1. The maximum Gasteiger partial charge on any atom is 0.233 e. The van der Waals surface area contributed by atoms with Crippen molar-refractivity contribution in [3.8, 4) is 0 Å². The van der Waals surface area contributed by atoms with Crippen LogP contribution in [-0.2, 0) is 14.6 Å². The average Bonchev–Trinajstić information content (AvgIpc) is 2.12. The van der Waals surface area contributed by atoms with Crippen LogP contribution in [0.25, 0.3) is 0 Å². The zero-order chi connectivity index (χ0) is 12.6. The minimum Gasteiger partial charge on any atom is -0.355 e. The fraction of sp³-hybridized carbons (Fsp3) is 0.900. The molecule has 1 unspecified atom stereocenters. The van der Waals surface area contributed by atoms with E-state index in [0.717, 1.165) is 12.8 Å². The van der Waals surface area contributed by atoms with Crippen molar-refractivity contribution in [2.75, 3.05) is 25.1 Å². The van der Waals surface area contributed by atoms with Crippen molar-refractivity contribution in [1.82, 2.24) is 10.6 Å². The molecule has 0 fully saturated rings. The summed E-state index contributed by atoms with van der Waals surface area (Å²) >= 11 is 0. The molecule has 0 aliphatic carbocycles. The summed E-state index contributed by atoms with van der Waals surface area (Å²) in [6, 6.07) is -0.202. The van der Waals surface area contributed by atoms with E-state index in [2.05, 4.69) is 17.6 Å². The van der Waals surface area contributed by atoms with Gasteiger partial charge in [-0.3, -0.25) is 4.79 Å². The second kappa shape index (κ2) is 7.62. The van der Waals surface area contributed by atoms with Gasteiger partial charge in [0, 0.05) is 18.8 Å². The normalized spacial score (nSPS) is 13.4. The number of sulfone groups is 1. The Balaban J connectivity index is 3.67. The minimum absolute atomic E-state index is 0.0508. The molecule has 0 rings (SSSR count). The van der Waals surface area contributed by atoms with E-state index in [9.17, 15) is 13.2 Å². The van der Waals surface area contributed by atoms with E-state index in [4.69, 9.17) is 0 Å². The molecule has 0 heterocycles. The molecule has 0 aliphatic heterocycles. The van der Waals surface area contributed by atoms with Gasteiger partial charge in [-0.25, -0.2) is 8.42 Å². The second-order valence-electron chi connectivity index (χ2n) is 4.08. The highest BCUT2D eigenvalue weighted by Crippen LogP contribution is 1.89. The Morgan fingerprint density at radius 3 is 2.50 bits per heavy atom. The number of hydrogen-bond donors (Lipinski definition) is 2. The lowest BCUT2D eigenvalue weighted by Crippen LogP contribution is -2.40. The van der Waals surface area contributed by atoms with Crippen molar-refractivity contribution in [3.63, 3.8) is 0 Å². The van der Waals surface area contributed by atoms with Crippen LogP contribution in [0, 0.1) is 0 Å². The van der Waals surface area contributed by atoms with E-state index in [-0.39, 0.29) is 24.2 Å². The van der Waals surface area contributed by atoms with Gasteiger partial charge in [0.15, 0.2) is 0 Å². The van der Waals surface area contributed by atoms with Crippen molar-refractivity contribution in [1.29, 1.82) is 0 Å². The third-order valence-electron chi connectivity index (χ3n) is 2.02. The van der Waals surface area contributed by atoms with Crippen LogP contribution in [-0.4, -0.2) is 45.5 Å². The summed E-state index contributed by atoms with van der Waals surface area (Å²) in [5, 5.41) is 5.63. The van der Waals surface area contributed by atoms with Crippen molar-refractivity contribution < 1.29 is 13.2 Å². The standard InChI is InChI=1S/C10H22N2O3S/c1-4-5-6-11-10(13)7-12-9(2)8-16(3,14)15/h9,12H,4-8H2,1-3H3,(H,11,13). The molecule has 0 spiro atoms. The van der Waals surface area contributed by atoms with Crippen molar-refractivity contribution in [2.24, 2.45) is 0 Å². The molecule has 1 atom stereocenters. The molecule has 0 aromatic carbocycles. The Hall–Kier alpha value is -0.620. The summed E-state index contributed by atoms with van der Waals surface area (Å²) in [5.41, 5.74) is 0. The number of carbonyl (C=O) groups is 1. The molecular weight excluding hydrogens is 228 g/mol. The first kappa shape index (κ1) is 15.4. The van der Waals surface area contributed by atoms with E-state index in [1.54, 1.807) is 6.92 Å². The van der Waals surface area contributed by atoms with Gasteiger partial charge in [0.25, 0.3) is 0 Å². The third kappa shape index (κ3) is 9.92. The van der Waals surface area contributed by atoms with Crippen LogP contribution < -0.4 is 10.6 Å². The summed E-state index contributed by atoms with van der Waals surface area (Å²) in [4.78, 5) is 11.3. The molecule has 16 heavy (non-hydrogen) atoms. The summed E-state index contributed by atoms with van der Waals surface area (Å²) in [7, 11) is -2.99. The van der Waals surface area contributed by atoms with Crippen molar-refractivity contribution in [3.05, 3.63) is 0 Å². The Labute approximate surface area is 97.9 Å². The van der Waals surface area contributed by atoms with Crippen LogP contribution in [0.15, 0.2) is 0 Å². The highest BCUT2D eigenvalue weighted by atomic mass is 32.2. The van der Waals surface area contributed by atoms with Crippen LogP contribution in [0.3, 0.4) is 0 Å². The smallest absolute Gasteiger partial charge is 0.233 e. The van der Waals surface area contributed by atoms with Crippen LogP contribution >= 0.6 is 0 Å². The number of rotatable bonds is 8. The van der Waals surface area contributed by atoms with Gasteiger partial charge >= 0.3 is 0 Å². The summed E-state index contributed by atoms with van der Waals surface area (Å²) < 4.78 is 21.9. The average molecular weight is 250 g/mol. The number of unbranched alkanes of at least 4 members (excludes halogenated alkanes) is 1. The molecule has 0 bridgehead atoms. The first-order valence-corrected chi connectivity index (χ1v) is 7.59. The molecule has 5 nitrogen and oxygen atoms in total. The molecular formula is C10H22N2O3S. The molecule has 0 aromatic rings. The summed E-state index contributed by atoms with van der Waals surface area (Å²) in [6.07, 6.45) is 3.19. The number of carbonyl (C=O) groups excluding carboxylic acids is 1. The van der Waals surface area contributed by atoms with Gasteiger partial charge in [-0.05, 0) is 13.3 Å². The quantitative estimate of drug-likeness (QED) is 0.591. The van der Waals surface area contributed by atoms with Crippen LogP contribution in [0.1, 0.15) is 26.7 Å². The van der Waals surface area contributed by atoms with Crippen LogP contribution in [0.2, 0.25) is 0 Å². The first-order valence-electron chi connectivity index (χ1n) is 5.53. The Bertz CT molecular complexity index is 301. The van der Waals surface area contributed by atoms with Crippen LogP contribution in [0.4, 0.5) is 0 Å². The van der Waals surface area contributed by atoms with E-state index in [1.165, 1.54) is 6.26 Å². The zero-order valence-electron chi connectivity index (χ0n) is 10.2. The topological polar surface area (TPSA) is 75.3 Å². The van der Waals surface area contributed by atoms with E-state index < -0.39 is 9.84 Å². The first-order chi connectivity index (χ1) is 7.35. The van der Waals surface area contributed by atoms with Gasteiger partial charge in [0.1, 0.15) is 9.84 Å². The predicted molar refractivity (Wildman–Crippen MR) is 65.1 cm³/mol. The van der Waals surface area contributed by atoms with Crippen molar-refractivity contribution >= 4 is 15.7 Å². The lowest BCUT2D eigenvalue weighted by Gasteiger charge is -2.12. The van der Waals surface area contributed by atoms with E-state index >= 15 is 0 Å². The predicted octanol–water partition coefficient (Wildman–Crippen LogP) is -0.0746. The lowest BCUT2D eigenvalue weighted by atomic mass is 10.3. The molecule has 0 saturated carbocycles. The number of nitrogens with one attached hydrogen (secondary N) is 2. The molecule has 0 radical (unpaired) electrons. The molecule has 0 aromatic heterocycles. The highest BCUT2D eigenvalue weighted by molar-refractivity contribution is 7.90. The van der Waals surface area contributed by atoms with Gasteiger partial charge < -0.3 is 10.6 Å². The minimum atomic E-state index is -2.99. The van der Waals surface area contributed by atoms with Gasteiger partial charge in [0.2, 0.25) is 5.91 Å². The van der Waals surface area contributed by atoms with Gasteiger partial charge in [-0.2, -0.15) is 0 Å². The maximum absolute atomic E-state index is 11.3. The van der Waals surface area contributed by atoms with Crippen LogP contribution in [0.5, 0.6) is 0 Å². The SMILES string of the molecule is CCCCNC(=O)CNC(C)CS(C)(=O)=O. The monoisotopic (exact) mass is 250 g/mol. The van der Waals surface area contributed by atoms with Gasteiger partial charge in [0.05, 0.1) is 12.3 Å². The van der Waals surface area contributed by atoms with Gasteiger partial charge in [-0.15, -0.1) is 0 Å².